The maximum Gasteiger partial charge on any atom is 0.0664 e. The molecule has 1 unspecified atom stereocenters. The van der Waals surface area contributed by atoms with E-state index in [1.807, 2.05) is 0 Å². The molecule has 88 valence electrons. The summed E-state index contributed by atoms with van der Waals surface area (Å²) in [6, 6.07) is 8.48. The molecule has 3 heteroatoms. The Balaban J connectivity index is 2.05. The maximum atomic E-state index is 6.27. The van der Waals surface area contributed by atoms with Crippen LogP contribution in [-0.4, -0.2) is 32.3 Å². The highest BCUT2D eigenvalue weighted by molar-refractivity contribution is 5.48. The summed E-state index contributed by atoms with van der Waals surface area (Å²) < 4.78 is 5.37. The SMILES string of the molecule is Cc1cccc(N(C)CC2(N)CCOC2)c1. The van der Waals surface area contributed by atoms with Crippen LogP contribution in [0.1, 0.15) is 12.0 Å². The summed E-state index contributed by atoms with van der Waals surface area (Å²) >= 11 is 0. The van der Waals surface area contributed by atoms with E-state index in [0.29, 0.717) is 6.61 Å². The highest BCUT2D eigenvalue weighted by Crippen LogP contribution is 2.21. The van der Waals surface area contributed by atoms with E-state index in [1.54, 1.807) is 0 Å². The molecular formula is C13H20N2O. The lowest BCUT2D eigenvalue weighted by molar-refractivity contribution is 0.179. The van der Waals surface area contributed by atoms with Crippen molar-refractivity contribution in [3.8, 4) is 0 Å². The molecule has 1 fully saturated rings. The second-order valence-corrected chi connectivity index (χ2v) is 4.86. The van der Waals surface area contributed by atoms with Crippen LogP contribution in [0.3, 0.4) is 0 Å². The normalized spacial score (nSPS) is 24.7. The number of rotatable bonds is 3. The van der Waals surface area contributed by atoms with Gasteiger partial charge >= 0.3 is 0 Å². The molecule has 0 bridgehead atoms. The average Bonchev–Trinajstić information content (AvgIpc) is 2.65. The van der Waals surface area contributed by atoms with Gasteiger partial charge in [-0.25, -0.2) is 0 Å². The van der Waals surface area contributed by atoms with E-state index in [2.05, 4.69) is 43.1 Å². The van der Waals surface area contributed by atoms with Gasteiger partial charge in [-0.05, 0) is 31.0 Å². The van der Waals surface area contributed by atoms with Crippen molar-refractivity contribution < 1.29 is 4.74 Å². The molecule has 3 nitrogen and oxygen atoms in total. The van der Waals surface area contributed by atoms with Crippen LogP contribution in [0.2, 0.25) is 0 Å². The van der Waals surface area contributed by atoms with Gasteiger partial charge in [-0.2, -0.15) is 0 Å². The summed E-state index contributed by atoms with van der Waals surface area (Å²) in [4.78, 5) is 2.21. The van der Waals surface area contributed by atoms with Gasteiger partial charge < -0.3 is 15.4 Å². The quantitative estimate of drug-likeness (QED) is 0.840. The second-order valence-electron chi connectivity index (χ2n) is 4.86. The van der Waals surface area contributed by atoms with Crippen LogP contribution in [0.4, 0.5) is 5.69 Å². The predicted molar refractivity (Wildman–Crippen MR) is 66.8 cm³/mol. The van der Waals surface area contributed by atoms with Gasteiger partial charge in [0, 0.05) is 25.9 Å². The van der Waals surface area contributed by atoms with Crippen LogP contribution in [-0.2, 0) is 4.74 Å². The molecule has 0 amide bonds. The molecule has 2 N–H and O–H groups in total. The first kappa shape index (κ1) is 11.4. The van der Waals surface area contributed by atoms with Crippen molar-refractivity contribution >= 4 is 5.69 Å². The Morgan fingerprint density at radius 1 is 1.50 bits per heavy atom. The number of nitrogens with two attached hydrogens (primary N) is 1. The van der Waals surface area contributed by atoms with Crippen molar-refractivity contribution in [3.63, 3.8) is 0 Å². The highest BCUT2D eigenvalue weighted by atomic mass is 16.5. The van der Waals surface area contributed by atoms with E-state index >= 15 is 0 Å². The lowest BCUT2D eigenvalue weighted by Crippen LogP contribution is -2.50. The van der Waals surface area contributed by atoms with E-state index in [0.717, 1.165) is 19.6 Å². The van der Waals surface area contributed by atoms with Gasteiger partial charge in [-0.15, -0.1) is 0 Å². The molecule has 1 heterocycles. The van der Waals surface area contributed by atoms with Gasteiger partial charge in [0.25, 0.3) is 0 Å². The fraction of sp³-hybridized carbons (Fsp3) is 0.538. The zero-order chi connectivity index (χ0) is 11.6. The summed E-state index contributed by atoms with van der Waals surface area (Å²) in [5, 5.41) is 0. The zero-order valence-electron chi connectivity index (χ0n) is 10.1. The monoisotopic (exact) mass is 220 g/mol. The first-order valence-corrected chi connectivity index (χ1v) is 5.74. The summed E-state index contributed by atoms with van der Waals surface area (Å²) in [6.07, 6.45) is 0.948. The third kappa shape index (κ3) is 2.54. The molecular weight excluding hydrogens is 200 g/mol. The van der Waals surface area contributed by atoms with E-state index in [-0.39, 0.29) is 5.54 Å². The smallest absolute Gasteiger partial charge is 0.0664 e. The molecule has 1 aliphatic heterocycles. The first-order valence-electron chi connectivity index (χ1n) is 5.74. The third-order valence-corrected chi connectivity index (χ3v) is 3.13. The molecule has 1 aliphatic rings. The highest BCUT2D eigenvalue weighted by Gasteiger charge is 2.31. The molecule has 2 rings (SSSR count). The Kier molecular flexibility index (Phi) is 3.17. The maximum absolute atomic E-state index is 6.27. The lowest BCUT2D eigenvalue weighted by Gasteiger charge is -2.30. The van der Waals surface area contributed by atoms with Crippen LogP contribution >= 0.6 is 0 Å². The molecule has 16 heavy (non-hydrogen) atoms. The Hall–Kier alpha value is -1.06. The molecule has 0 aliphatic carbocycles. The van der Waals surface area contributed by atoms with Gasteiger partial charge in [-0.3, -0.25) is 0 Å². The molecule has 0 radical (unpaired) electrons. The summed E-state index contributed by atoms with van der Waals surface area (Å²) in [5.41, 5.74) is 8.58. The van der Waals surface area contributed by atoms with Crippen LogP contribution in [0.25, 0.3) is 0 Å². The van der Waals surface area contributed by atoms with Crippen LogP contribution < -0.4 is 10.6 Å². The van der Waals surface area contributed by atoms with Gasteiger partial charge in [0.05, 0.1) is 12.1 Å². The minimum Gasteiger partial charge on any atom is -0.379 e. The summed E-state index contributed by atoms with van der Waals surface area (Å²) in [5.74, 6) is 0. The number of benzene rings is 1. The Morgan fingerprint density at radius 3 is 2.94 bits per heavy atom. The third-order valence-electron chi connectivity index (χ3n) is 3.13. The number of ether oxygens (including phenoxy) is 1. The molecule has 1 atom stereocenters. The number of anilines is 1. The van der Waals surface area contributed by atoms with E-state index < -0.39 is 0 Å². The van der Waals surface area contributed by atoms with Crippen LogP contribution in [0.5, 0.6) is 0 Å². The fourth-order valence-corrected chi connectivity index (χ4v) is 2.18. The lowest BCUT2D eigenvalue weighted by atomic mass is 9.99. The molecule has 0 aromatic heterocycles. The van der Waals surface area contributed by atoms with E-state index in [1.165, 1.54) is 11.3 Å². The first-order chi connectivity index (χ1) is 7.59. The zero-order valence-corrected chi connectivity index (χ0v) is 10.1. The predicted octanol–water partition coefficient (Wildman–Crippen LogP) is 1.55. The number of nitrogens with zero attached hydrogens (tertiary/aromatic N) is 1. The van der Waals surface area contributed by atoms with Crippen LogP contribution in [0, 0.1) is 6.92 Å². The molecule has 0 saturated carbocycles. The number of likely N-dealkylation sites (N-methyl/N-ethyl adjacent to an activating group) is 1. The van der Waals surface area contributed by atoms with E-state index in [9.17, 15) is 0 Å². The fourth-order valence-electron chi connectivity index (χ4n) is 2.18. The standard InChI is InChI=1S/C13H20N2O/c1-11-4-3-5-12(8-11)15(2)9-13(14)6-7-16-10-13/h3-5,8H,6-7,9-10,14H2,1-2H3. The van der Waals surface area contributed by atoms with Gasteiger partial charge in [-0.1, -0.05) is 12.1 Å². The molecule has 1 saturated heterocycles. The summed E-state index contributed by atoms with van der Waals surface area (Å²) in [7, 11) is 2.09. The second kappa shape index (κ2) is 4.44. The molecule has 1 aromatic carbocycles. The molecule has 0 spiro atoms. The van der Waals surface area contributed by atoms with Gasteiger partial charge in [0.15, 0.2) is 0 Å². The topological polar surface area (TPSA) is 38.5 Å². The Bertz CT molecular complexity index is 359. The van der Waals surface area contributed by atoms with Crippen molar-refractivity contribution in [2.45, 2.75) is 18.9 Å². The molecule has 1 aromatic rings. The van der Waals surface area contributed by atoms with Crippen molar-refractivity contribution in [1.29, 1.82) is 0 Å². The van der Waals surface area contributed by atoms with Gasteiger partial charge in [0.2, 0.25) is 0 Å². The minimum atomic E-state index is -0.182. The van der Waals surface area contributed by atoms with Crippen LogP contribution in [0.15, 0.2) is 24.3 Å². The minimum absolute atomic E-state index is 0.182. The summed E-state index contributed by atoms with van der Waals surface area (Å²) in [6.45, 7) is 4.41. The Morgan fingerprint density at radius 2 is 2.31 bits per heavy atom. The number of aryl methyl sites for hydroxylation is 1. The van der Waals surface area contributed by atoms with Crippen molar-refractivity contribution in [3.05, 3.63) is 29.8 Å². The average molecular weight is 220 g/mol. The van der Waals surface area contributed by atoms with Crippen molar-refractivity contribution in [2.75, 3.05) is 31.7 Å². The Labute approximate surface area is 97.2 Å². The van der Waals surface area contributed by atoms with Gasteiger partial charge in [0.1, 0.15) is 0 Å². The van der Waals surface area contributed by atoms with E-state index in [4.69, 9.17) is 10.5 Å². The van der Waals surface area contributed by atoms with Crippen molar-refractivity contribution in [2.24, 2.45) is 5.73 Å². The number of hydrogen-bond donors (Lipinski definition) is 1. The van der Waals surface area contributed by atoms with Crippen molar-refractivity contribution in [1.82, 2.24) is 0 Å². The number of hydrogen-bond acceptors (Lipinski definition) is 3. The largest absolute Gasteiger partial charge is 0.379 e.